The molecule has 6 amide bonds. The Kier molecular flexibility index (Phi) is 18.9. The van der Waals surface area contributed by atoms with Crippen LogP contribution in [-0.4, -0.2) is 126 Å². The van der Waals surface area contributed by atoms with Crippen molar-refractivity contribution in [3.63, 3.8) is 0 Å². The zero-order chi connectivity index (χ0) is 52.7. The summed E-state index contributed by atoms with van der Waals surface area (Å²) in [5.41, 5.74) is 1.44. The third-order valence-electron chi connectivity index (χ3n) is 14.9. The summed E-state index contributed by atoms with van der Waals surface area (Å²) < 4.78 is 0. The zero-order valence-electron chi connectivity index (χ0n) is 44.5. The molecule has 0 saturated carbocycles. The highest BCUT2D eigenvalue weighted by Gasteiger charge is 2.48. The van der Waals surface area contributed by atoms with Gasteiger partial charge in [0.15, 0.2) is 11.6 Å². The molecule has 2 heterocycles. The van der Waals surface area contributed by atoms with E-state index < -0.39 is 70.7 Å². The van der Waals surface area contributed by atoms with E-state index in [0.29, 0.717) is 11.1 Å². The van der Waals surface area contributed by atoms with Crippen LogP contribution < -0.4 is 31.9 Å². The average molecular weight is 983 g/mol. The van der Waals surface area contributed by atoms with Gasteiger partial charge >= 0.3 is 0 Å². The van der Waals surface area contributed by atoms with E-state index in [4.69, 9.17) is 0 Å². The minimum atomic E-state index is -0.958. The number of Topliss-reactive ketones (excluding diaryl/α,β-unsaturated/α-hetero) is 2. The Hall–Kier alpha value is -5.48. The van der Waals surface area contributed by atoms with Crippen LogP contribution in [0.4, 0.5) is 0 Å². The van der Waals surface area contributed by atoms with Crippen molar-refractivity contribution in [3.05, 3.63) is 70.8 Å². The van der Waals surface area contributed by atoms with Crippen LogP contribution in [0.1, 0.15) is 153 Å². The van der Waals surface area contributed by atoms with Crippen molar-refractivity contribution < 1.29 is 38.4 Å². The molecule has 6 N–H and O–H groups in total. The molecule has 16 heteroatoms. The molecule has 2 fully saturated rings. The van der Waals surface area contributed by atoms with E-state index >= 15 is 0 Å². The fourth-order valence-electron chi connectivity index (χ4n) is 9.84. The molecule has 3 aliphatic rings. The number of nitrogens with zero attached hydrogens (tertiary/aromatic N) is 2. The summed E-state index contributed by atoms with van der Waals surface area (Å²) in [6, 6.07) is 9.37. The second-order valence-electron chi connectivity index (χ2n) is 22.9. The number of hydrogen-bond donors (Lipinski definition) is 6. The number of carbonyl (C=O) groups excluding carboxylic acids is 8. The van der Waals surface area contributed by atoms with Crippen LogP contribution in [0.15, 0.2) is 48.5 Å². The molecule has 10 atom stereocenters. The van der Waals surface area contributed by atoms with E-state index in [2.05, 4.69) is 38.0 Å². The molecule has 5 rings (SSSR count). The van der Waals surface area contributed by atoms with Crippen LogP contribution >= 0.6 is 0 Å². The van der Waals surface area contributed by atoms with Gasteiger partial charge in [-0.3, -0.25) is 38.4 Å². The molecule has 16 nitrogen and oxygen atoms in total. The summed E-state index contributed by atoms with van der Waals surface area (Å²) >= 11 is 0. The molecule has 0 unspecified atom stereocenters. The lowest BCUT2D eigenvalue weighted by molar-refractivity contribution is -0.144. The molecule has 1 aliphatic carbocycles. The summed E-state index contributed by atoms with van der Waals surface area (Å²) in [7, 11) is 3.32. The topological polar surface area (TPSA) is 215 Å². The van der Waals surface area contributed by atoms with E-state index in [0.717, 1.165) is 24.8 Å². The normalized spacial score (nSPS) is 22.4. The van der Waals surface area contributed by atoms with Crippen molar-refractivity contribution in [1.29, 1.82) is 0 Å². The van der Waals surface area contributed by atoms with Crippen molar-refractivity contribution in [2.75, 3.05) is 27.2 Å². The van der Waals surface area contributed by atoms with Crippen LogP contribution in [0.2, 0.25) is 0 Å². The molecule has 390 valence electrons. The fraction of sp³-hybridized carbons (Fsp3) is 0.636. The maximum atomic E-state index is 14.7. The Balaban J connectivity index is 1.35. The molecule has 0 spiro atoms. The minimum Gasteiger partial charge on any atom is -0.352 e. The summed E-state index contributed by atoms with van der Waals surface area (Å²) in [6.45, 7) is 20.7. The number of fused-ring (bicyclic) bond motifs is 1. The van der Waals surface area contributed by atoms with E-state index in [-0.39, 0.29) is 92.0 Å². The van der Waals surface area contributed by atoms with Crippen LogP contribution in [0.3, 0.4) is 0 Å². The molecule has 2 aliphatic heterocycles. The first-order chi connectivity index (χ1) is 33.2. The van der Waals surface area contributed by atoms with Gasteiger partial charge in [-0.25, -0.2) is 0 Å². The first kappa shape index (κ1) is 56.4. The van der Waals surface area contributed by atoms with E-state index in [1.54, 1.807) is 52.2 Å². The predicted molar refractivity (Wildman–Crippen MR) is 274 cm³/mol. The van der Waals surface area contributed by atoms with Crippen molar-refractivity contribution in [3.8, 4) is 0 Å². The Labute approximate surface area is 421 Å². The number of aryl methyl sites for hydroxylation is 1. The van der Waals surface area contributed by atoms with Crippen LogP contribution in [0, 0.1) is 28.6 Å². The van der Waals surface area contributed by atoms with Gasteiger partial charge in [0, 0.05) is 43.1 Å². The van der Waals surface area contributed by atoms with E-state index in [1.165, 1.54) is 15.4 Å². The second-order valence-corrected chi connectivity index (χ2v) is 22.9. The number of hydrogen-bond acceptors (Lipinski definition) is 10. The predicted octanol–water partition coefficient (Wildman–Crippen LogP) is 4.90. The molecule has 0 radical (unpaired) electrons. The number of ketones is 2. The second kappa shape index (κ2) is 23.8. The Morgan fingerprint density at radius 2 is 1.08 bits per heavy atom. The monoisotopic (exact) mass is 983 g/mol. The first-order valence-corrected chi connectivity index (χ1v) is 25.7. The lowest BCUT2D eigenvalue weighted by Crippen LogP contribution is -2.60. The Morgan fingerprint density at radius 3 is 1.54 bits per heavy atom. The van der Waals surface area contributed by atoms with Gasteiger partial charge in [-0.15, -0.1) is 0 Å². The van der Waals surface area contributed by atoms with Crippen LogP contribution in [-0.2, 0) is 35.2 Å². The van der Waals surface area contributed by atoms with Gasteiger partial charge in [-0.05, 0) is 113 Å². The largest absolute Gasteiger partial charge is 0.352 e. The quantitative estimate of drug-likeness (QED) is 0.105. The van der Waals surface area contributed by atoms with Gasteiger partial charge < -0.3 is 41.7 Å². The summed E-state index contributed by atoms with van der Waals surface area (Å²) in [4.78, 5) is 115. The van der Waals surface area contributed by atoms with Gasteiger partial charge in [0.2, 0.25) is 35.4 Å². The number of likely N-dealkylation sites (tertiary alicyclic amines) is 2. The summed E-state index contributed by atoms with van der Waals surface area (Å²) in [5.74, 6) is -3.30. The number of rotatable bonds is 19. The van der Waals surface area contributed by atoms with Gasteiger partial charge in [0.05, 0.1) is 18.1 Å². The minimum absolute atomic E-state index is 0.00463. The standard InChI is InChI=1S/C55H82N8O8/c1-31(2)32(3)58-50(68)42-24-35(29-62(42)52(70)46(54(6,7)8)60-48(66)33(4)56-12)26-44(64)38-20-16-21-39(28-38)45(65)27-36-25-43(51(69)59-41-23-17-19-37-18-14-15-22-40(37)41)63(30-36)53(71)47(55(9,10)11)61-49(67)34(5)57-13/h14-16,18,20-22,28,31-36,41-43,46-47,56-57H,17,19,23-27,29-30H2,1-13H3,(H,58,68)(H,59,69)(H,60,66)(H,61,67)/t32-,33+,34+,35-,36-,41-,42+,43+,46-,47-/m1/s1. The molecular weight excluding hydrogens is 901 g/mol. The lowest BCUT2D eigenvalue weighted by atomic mass is 9.85. The molecule has 0 bridgehead atoms. The maximum Gasteiger partial charge on any atom is 0.246 e. The highest BCUT2D eigenvalue weighted by Crippen LogP contribution is 2.35. The first-order valence-electron chi connectivity index (χ1n) is 25.7. The fourth-order valence-corrected chi connectivity index (χ4v) is 9.84. The van der Waals surface area contributed by atoms with Gasteiger partial charge in [0.25, 0.3) is 0 Å². The zero-order valence-corrected chi connectivity index (χ0v) is 44.5. The van der Waals surface area contributed by atoms with Crippen molar-refractivity contribution in [1.82, 2.24) is 41.7 Å². The number of nitrogens with one attached hydrogen (secondary N) is 6. The number of likely N-dealkylation sites (N-methyl/N-ethyl adjacent to an activating group) is 2. The third-order valence-corrected chi connectivity index (χ3v) is 14.9. The summed E-state index contributed by atoms with van der Waals surface area (Å²) in [6.07, 6.45) is 3.04. The molecular formula is C55H82N8O8. The highest BCUT2D eigenvalue weighted by atomic mass is 16.2. The molecule has 0 aromatic heterocycles. The highest BCUT2D eigenvalue weighted by molar-refractivity contribution is 6.02. The van der Waals surface area contributed by atoms with Crippen molar-refractivity contribution in [2.45, 2.75) is 169 Å². The smallest absolute Gasteiger partial charge is 0.246 e. The average Bonchev–Trinajstić information content (AvgIpc) is 3.95. The third kappa shape index (κ3) is 14.1. The van der Waals surface area contributed by atoms with E-state index in [9.17, 15) is 38.4 Å². The molecule has 2 aromatic rings. The van der Waals surface area contributed by atoms with Crippen LogP contribution in [0.25, 0.3) is 0 Å². The van der Waals surface area contributed by atoms with E-state index in [1.807, 2.05) is 80.5 Å². The maximum absolute atomic E-state index is 14.7. The molecule has 2 aromatic carbocycles. The SMILES string of the molecule is CN[C@@H](C)C(=O)N[C@H](C(=O)N1C[C@@H](CC(=O)c2cccc(C(=O)C[C@H]3C[C@@H](C(=O)N[C@H](C)C(C)C)N(C(=O)[C@@H](NC(=O)[C@H](C)NC)C(C)(C)C)C3)c2)C[C@H]1C(=O)N[C@@H]1CCCc2ccccc21)C(C)(C)C. The number of benzene rings is 2. The Morgan fingerprint density at radius 1 is 0.620 bits per heavy atom. The Bertz CT molecular complexity index is 2280. The van der Waals surface area contributed by atoms with Gasteiger partial charge in [0.1, 0.15) is 24.2 Å². The molecule has 71 heavy (non-hydrogen) atoms. The van der Waals surface area contributed by atoms with Crippen LogP contribution in [0.5, 0.6) is 0 Å². The molecule has 2 saturated heterocycles. The number of amides is 6. The van der Waals surface area contributed by atoms with Crippen molar-refractivity contribution in [2.24, 2.45) is 28.6 Å². The lowest BCUT2D eigenvalue weighted by Gasteiger charge is -2.36. The van der Waals surface area contributed by atoms with Gasteiger partial charge in [-0.2, -0.15) is 0 Å². The number of carbonyl (C=O) groups is 8. The summed E-state index contributed by atoms with van der Waals surface area (Å²) in [5, 5.41) is 18.0. The van der Waals surface area contributed by atoms with Crippen molar-refractivity contribution >= 4 is 47.0 Å². The van der Waals surface area contributed by atoms with Gasteiger partial charge in [-0.1, -0.05) is 97.9 Å².